The van der Waals surface area contributed by atoms with Gasteiger partial charge in [-0.05, 0) is 44.5 Å². The standard InChI is InChI=1S/C17H21FN2O4/c1-11-16(12(2)24-20-11)7-8-17(22)19-9-14(21)10-23-15-5-3-13(18)4-6-15/h3-6,14,21H,7-10H2,1-2H3,(H,19,22). The number of nitrogens with zero attached hydrogens (tertiary/aromatic N) is 1. The number of hydrogen-bond acceptors (Lipinski definition) is 5. The number of hydrogen-bond donors (Lipinski definition) is 2. The summed E-state index contributed by atoms with van der Waals surface area (Å²) >= 11 is 0. The number of carbonyl (C=O) groups excluding carboxylic acids is 1. The van der Waals surface area contributed by atoms with Gasteiger partial charge in [0.05, 0.1) is 5.69 Å². The zero-order chi connectivity index (χ0) is 17.5. The van der Waals surface area contributed by atoms with Crippen LogP contribution >= 0.6 is 0 Å². The van der Waals surface area contributed by atoms with Crippen LogP contribution in [0.15, 0.2) is 28.8 Å². The Morgan fingerprint density at radius 3 is 2.71 bits per heavy atom. The van der Waals surface area contributed by atoms with Crippen LogP contribution in [0.25, 0.3) is 0 Å². The average molecular weight is 336 g/mol. The molecule has 0 saturated heterocycles. The molecule has 0 aliphatic carbocycles. The Hall–Kier alpha value is -2.41. The highest BCUT2D eigenvalue weighted by Gasteiger charge is 2.12. The van der Waals surface area contributed by atoms with Crippen molar-refractivity contribution in [2.24, 2.45) is 0 Å². The minimum Gasteiger partial charge on any atom is -0.491 e. The summed E-state index contributed by atoms with van der Waals surface area (Å²) in [5, 5.41) is 16.3. The Morgan fingerprint density at radius 1 is 1.38 bits per heavy atom. The summed E-state index contributed by atoms with van der Waals surface area (Å²) in [4.78, 5) is 11.8. The minimum absolute atomic E-state index is 0.00970. The Labute approximate surface area is 139 Å². The van der Waals surface area contributed by atoms with Crippen LogP contribution in [-0.4, -0.2) is 35.4 Å². The quantitative estimate of drug-likeness (QED) is 0.769. The molecule has 1 aromatic carbocycles. The van der Waals surface area contributed by atoms with E-state index in [9.17, 15) is 14.3 Å². The topological polar surface area (TPSA) is 84.6 Å². The maximum atomic E-state index is 12.8. The fraction of sp³-hybridized carbons (Fsp3) is 0.412. The molecule has 24 heavy (non-hydrogen) atoms. The van der Waals surface area contributed by atoms with Gasteiger partial charge in [-0.25, -0.2) is 4.39 Å². The van der Waals surface area contributed by atoms with Gasteiger partial charge in [0.1, 0.15) is 30.0 Å². The van der Waals surface area contributed by atoms with Crippen molar-refractivity contribution in [1.82, 2.24) is 10.5 Å². The number of ether oxygens (including phenoxy) is 1. The van der Waals surface area contributed by atoms with Crippen molar-refractivity contribution in [1.29, 1.82) is 0 Å². The second-order valence-electron chi connectivity index (χ2n) is 5.53. The Kier molecular flexibility index (Phi) is 6.31. The highest BCUT2D eigenvalue weighted by atomic mass is 19.1. The fourth-order valence-electron chi connectivity index (χ4n) is 2.20. The Balaban J connectivity index is 1.66. The molecule has 1 unspecified atom stereocenters. The third-order valence-corrected chi connectivity index (χ3v) is 3.57. The lowest BCUT2D eigenvalue weighted by molar-refractivity contribution is -0.121. The molecular formula is C17H21FN2O4. The molecule has 2 aromatic rings. The van der Waals surface area contributed by atoms with Crippen molar-refractivity contribution in [2.75, 3.05) is 13.2 Å². The molecule has 1 aromatic heterocycles. The van der Waals surface area contributed by atoms with Crippen LogP contribution < -0.4 is 10.1 Å². The summed E-state index contributed by atoms with van der Waals surface area (Å²) in [6.45, 7) is 3.74. The molecule has 0 fully saturated rings. The van der Waals surface area contributed by atoms with E-state index in [1.165, 1.54) is 24.3 Å². The van der Waals surface area contributed by atoms with Crippen molar-refractivity contribution in [3.63, 3.8) is 0 Å². The molecule has 1 atom stereocenters. The molecule has 0 aliphatic rings. The van der Waals surface area contributed by atoms with Gasteiger partial charge in [-0.1, -0.05) is 5.16 Å². The molecule has 6 nitrogen and oxygen atoms in total. The van der Waals surface area contributed by atoms with Gasteiger partial charge < -0.3 is 19.7 Å². The zero-order valence-electron chi connectivity index (χ0n) is 13.7. The van der Waals surface area contributed by atoms with E-state index in [0.29, 0.717) is 17.9 Å². The molecule has 0 bridgehead atoms. The van der Waals surface area contributed by atoms with Crippen molar-refractivity contribution < 1.29 is 23.6 Å². The number of halogens is 1. The summed E-state index contributed by atoms with van der Waals surface area (Å²) in [7, 11) is 0. The van der Waals surface area contributed by atoms with Gasteiger partial charge in [-0.3, -0.25) is 4.79 Å². The number of nitrogens with one attached hydrogen (secondary N) is 1. The van der Waals surface area contributed by atoms with Gasteiger partial charge in [0, 0.05) is 18.5 Å². The molecule has 2 N–H and O–H groups in total. The number of aliphatic hydroxyl groups is 1. The number of aliphatic hydroxyl groups excluding tert-OH is 1. The molecule has 1 amide bonds. The van der Waals surface area contributed by atoms with Crippen LogP contribution in [0.1, 0.15) is 23.4 Å². The maximum absolute atomic E-state index is 12.8. The first-order valence-corrected chi connectivity index (χ1v) is 7.70. The largest absolute Gasteiger partial charge is 0.491 e. The first-order chi connectivity index (χ1) is 11.5. The second-order valence-corrected chi connectivity index (χ2v) is 5.53. The minimum atomic E-state index is -0.849. The molecule has 0 saturated carbocycles. The summed E-state index contributed by atoms with van der Waals surface area (Å²) < 4.78 is 23.1. The number of benzene rings is 1. The monoisotopic (exact) mass is 336 g/mol. The van der Waals surface area contributed by atoms with E-state index in [1.54, 1.807) is 0 Å². The van der Waals surface area contributed by atoms with Crippen molar-refractivity contribution >= 4 is 5.91 Å². The van der Waals surface area contributed by atoms with E-state index in [-0.39, 0.29) is 31.3 Å². The van der Waals surface area contributed by atoms with Gasteiger partial charge in [0.15, 0.2) is 0 Å². The van der Waals surface area contributed by atoms with E-state index < -0.39 is 6.10 Å². The molecule has 0 aliphatic heterocycles. The van der Waals surface area contributed by atoms with Crippen LogP contribution in [0, 0.1) is 19.7 Å². The van der Waals surface area contributed by atoms with Crippen LogP contribution in [-0.2, 0) is 11.2 Å². The van der Waals surface area contributed by atoms with Crippen LogP contribution in [0.3, 0.4) is 0 Å². The molecule has 7 heteroatoms. The first-order valence-electron chi connectivity index (χ1n) is 7.70. The molecule has 0 spiro atoms. The smallest absolute Gasteiger partial charge is 0.220 e. The predicted molar refractivity (Wildman–Crippen MR) is 85.2 cm³/mol. The maximum Gasteiger partial charge on any atom is 0.220 e. The van der Waals surface area contributed by atoms with E-state index in [1.807, 2.05) is 13.8 Å². The molecule has 2 rings (SSSR count). The van der Waals surface area contributed by atoms with Crippen LogP contribution in [0.5, 0.6) is 5.75 Å². The van der Waals surface area contributed by atoms with Crippen LogP contribution in [0.2, 0.25) is 0 Å². The Bertz CT molecular complexity index is 650. The zero-order valence-corrected chi connectivity index (χ0v) is 13.7. The number of aryl methyl sites for hydroxylation is 2. The highest BCUT2D eigenvalue weighted by Crippen LogP contribution is 2.14. The molecule has 130 valence electrons. The van der Waals surface area contributed by atoms with Crippen molar-refractivity contribution in [3.05, 3.63) is 47.1 Å². The van der Waals surface area contributed by atoms with E-state index in [0.717, 1.165) is 11.3 Å². The SMILES string of the molecule is Cc1noc(C)c1CCC(=O)NCC(O)COc1ccc(F)cc1. The molecular weight excluding hydrogens is 315 g/mol. The number of amides is 1. The van der Waals surface area contributed by atoms with Gasteiger partial charge in [0.25, 0.3) is 0 Å². The second kappa shape index (κ2) is 8.44. The fourth-order valence-corrected chi connectivity index (χ4v) is 2.20. The summed E-state index contributed by atoms with van der Waals surface area (Å²) in [6, 6.07) is 5.50. The third-order valence-electron chi connectivity index (χ3n) is 3.57. The lowest BCUT2D eigenvalue weighted by Gasteiger charge is -2.13. The number of carbonyl (C=O) groups is 1. The summed E-state index contributed by atoms with van der Waals surface area (Å²) in [6.07, 6.45) is -0.0260. The number of rotatable bonds is 8. The van der Waals surface area contributed by atoms with Gasteiger partial charge in [-0.2, -0.15) is 0 Å². The van der Waals surface area contributed by atoms with Crippen molar-refractivity contribution in [2.45, 2.75) is 32.8 Å². The number of aromatic nitrogens is 1. The average Bonchev–Trinajstić information content (AvgIpc) is 2.89. The highest BCUT2D eigenvalue weighted by molar-refractivity contribution is 5.76. The van der Waals surface area contributed by atoms with Crippen molar-refractivity contribution in [3.8, 4) is 5.75 Å². The summed E-state index contributed by atoms with van der Waals surface area (Å²) in [5.41, 5.74) is 1.72. The lowest BCUT2D eigenvalue weighted by Crippen LogP contribution is -2.35. The normalized spacial score (nSPS) is 12.0. The van der Waals surface area contributed by atoms with Gasteiger partial charge in [0.2, 0.25) is 5.91 Å². The Morgan fingerprint density at radius 2 is 2.08 bits per heavy atom. The van der Waals surface area contributed by atoms with E-state index >= 15 is 0 Å². The summed E-state index contributed by atoms with van der Waals surface area (Å²) in [5.74, 6) is 0.650. The predicted octanol–water partition coefficient (Wildman–Crippen LogP) is 1.92. The van der Waals surface area contributed by atoms with Gasteiger partial charge in [-0.15, -0.1) is 0 Å². The first kappa shape index (κ1) is 17.9. The van der Waals surface area contributed by atoms with E-state index in [4.69, 9.17) is 9.26 Å². The van der Waals surface area contributed by atoms with Gasteiger partial charge >= 0.3 is 0 Å². The van der Waals surface area contributed by atoms with Crippen LogP contribution in [0.4, 0.5) is 4.39 Å². The molecule has 1 heterocycles. The lowest BCUT2D eigenvalue weighted by atomic mass is 10.1. The third kappa shape index (κ3) is 5.34. The van der Waals surface area contributed by atoms with E-state index in [2.05, 4.69) is 10.5 Å². The molecule has 0 radical (unpaired) electrons.